The zero-order valence-electron chi connectivity index (χ0n) is 11.0. The molecule has 2 heterocycles. The number of aromatic nitrogens is 3. The van der Waals surface area contributed by atoms with E-state index in [2.05, 4.69) is 31.1 Å². The molecule has 0 aliphatic rings. The van der Waals surface area contributed by atoms with Crippen molar-refractivity contribution in [3.63, 3.8) is 0 Å². The summed E-state index contributed by atoms with van der Waals surface area (Å²) in [4.78, 5) is 19.1. The summed E-state index contributed by atoms with van der Waals surface area (Å²) in [6.07, 6.45) is 0. The number of hydrogen-bond donors (Lipinski definition) is 1. The van der Waals surface area contributed by atoms with E-state index in [0.717, 1.165) is 15.2 Å². The van der Waals surface area contributed by atoms with E-state index < -0.39 is 0 Å². The lowest BCUT2D eigenvalue weighted by Crippen LogP contribution is -2.26. The quantitative estimate of drug-likeness (QED) is 0.928. The second-order valence-electron chi connectivity index (χ2n) is 4.59. The van der Waals surface area contributed by atoms with Crippen LogP contribution in [0.4, 0.5) is 0 Å². The summed E-state index contributed by atoms with van der Waals surface area (Å²) in [7, 11) is 1.75. The van der Waals surface area contributed by atoms with E-state index in [1.54, 1.807) is 23.3 Å². The molecule has 1 N–H and O–H groups in total. The minimum Gasteiger partial charge on any atom is -0.334 e. The van der Waals surface area contributed by atoms with E-state index in [-0.39, 0.29) is 17.6 Å². The number of hydrogen-bond acceptors (Lipinski definition) is 4. The van der Waals surface area contributed by atoms with Crippen LogP contribution < -0.4 is 0 Å². The van der Waals surface area contributed by atoms with Crippen LogP contribution in [-0.4, -0.2) is 33.0 Å². The predicted molar refractivity (Wildman–Crippen MR) is 78.3 cm³/mol. The van der Waals surface area contributed by atoms with Gasteiger partial charge in [0, 0.05) is 27.7 Å². The maximum atomic E-state index is 12.2. The van der Waals surface area contributed by atoms with E-state index in [1.807, 2.05) is 25.3 Å². The molecule has 2 aromatic heterocycles. The van der Waals surface area contributed by atoms with Gasteiger partial charge in [-0.2, -0.15) is 0 Å². The van der Waals surface area contributed by atoms with Crippen LogP contribution in [0.25, 0.3) is 0 Å². The fourth-order valence-electron chi connectivity index (χ4n) is 1.54. The van der Waals surface area contributed by atoms with Crippen LogP contribution in [0.15, 0.2) is 15.9 Å². The van der Waals surface area contributed by atoms with Crippen LogP contribution in [0.1, 0.15) is 41.1 Å². The molecule has 2 aromatic rings. The van der Waals surface area contributed by atoms with Crippen LogP contribution in [0, 0.1) is 0 Å². The smallest absolute Gasteiger partial charge is 0.293 e. The standard InChI is InChI=1S/C12H15BrN4OS/c1-7(2)10-14-11(16-15-10)12(18)17(3)5-9-4-8(13)6-19-9/h4,6-7H,5H2,1-3H3,(H,14,15,16). The Morgan fingerprint density at radius 2 is 2.32 bits per heavy atom. The van der Waals surface area contributed by atoms with Crippen molar-refractivity contribution in [2.45, 2.75) is 26.3 Å². The summed E-state index contributed by atoms with van der Waals surface area (Å²) >= 11 is 5.01. The Labute approximate surface area is 124 Å². The second kappa shape index (κ2) is 5.83. The topological polar surface area (TPSA) is 61.9 Å². The third-order valence-corrected chi connectivity index (χ3v) is 4.28. The Balaban J connectivity index is 2.05. The van der Waals surface area contributed by atoms with Gasteiger partial charge in [-0.1, -0.05) is 13.8 Å². The molecule has 0 aliphatic heterocycles. The molecular weight excluding hydrogens is 328 g/mol. The van der Waals surface area contributed by atoms with Gasteiger partial charge in [0.1, 0.15) is 5.82 Å². The van der Waals surface area contributed by atoms with Crippen LogP contribution in [-0.2, 0) is 6.54 Å². The van der Waals surface area contributed by atoms with Gasteiger partial charge in [0.25, 0.3) is 5.91 Å². The summed E-state index contributed by atoms with van der Waals surface area (Å²) in [6, 6.07) is 2.01. The molecule has 0 fully saturated rings. The number of nitrogens with zero attached hydrogens (tertiary/aromatic N) is 3. The number of amides is 1. The molecule has 0 aromatic carbocycles. The number of carbonyl (C=O) groups excluding carboxylic acids is 1. The van der Waals surface area contributed by atoms with Crippen molar-refractivity contribution in [3.8, 4) is 0 Å². The second-order valence-corrected chi connectivity index (χ2v) is 6.50. The molecular formula is C12H15BrN4OS. The number of thiophene rings is 1. The third-order valence-electron chi connectivity index (χ3n) is 2.60. The van der Waals surface area contributed by atoms with E-state index in [9.17, 15) is 4.79 Å². The number of H-pyrrole nitrogens is 1. The van der Waals surface area contributed by atoms with Gasteiger partial charge in [0.2, 0.25) is 5.82 Å². The summed E-state index contributed by atoms with van der Waals surface area (Å²) in [6.45, 7) is 4.56. The van der Waals surface area contributed by atoms with Gasteiger partial charge < -0.3 is 4.90 Å². The Morgan fingerprint density at radius 3 is 2.84 bits per heavy atom. The molecule has 1 amide bonds. The van der Waals surface area contributed by atoms with E-state index in [1.165, 1.54) is 0 Å². The highest BCUT2D eigenvalue weighted by atomic mass is 79.9. The Hall–Kier alpha value is -1.21. The van der Waals surface area contributed by atoms with Crippen LogP contribution in [0.2, 0.25) is 0 Å². The molecule has 5 nitrogen and oxygen atoms in total. The maximum absolute atomic E-state index is 12.2. The first-order chi connectivity index (χ1) is 8.97. The van der Waals surface area contributed by atoms with Crippen LogP contribution >= 0.6 is 27.3 Å². The lowest BCUT2D eigenvalue weighted by atomic mass is 10.2. The van der Waals surface area contributed by atoms with Gasteiger partial charge in [0.15, 0.2) is 0 Å². The fourth-order valence-corrected chi connectivity index (χ4v) is 3.04. The van der Waals surface area contributed by atoms with Crippen molar-refractivity contribution in [3.05, 3.63) is 32.4 Å². The molecule has 0 bridgehead atoms. The van der Waals surface area contributed by atoms with Gasteiger partial charge in [-0.05, 0) is 22.0 Å². The van der Waals surface area contributed by atoms with Crippen molar-refractivity contribution in [2.24, 2.45) is 0 Å². The first-order valence-electron chi connectivity index (χ1n) is 5.88. The van der Waals surface area contributed by atoms with E-state index in [4.69, 9.17) is 0 Å². The third kappa shape index (κ3) is 3.42. The number of carbonyl (C=O) groups is 1. The highest BCUT2D eigenvalue weighted by Crippen LogP contribution is 2.21. The average Bonchev–Trinajstić information content (AvgIpc) is 2.97. The number of rotatable bonds is 4. The predicted octanol–water partition coefficient (Wildman–Crippen LogP) is 3.02. The van der Waals surface area contributed by atoms with Crippen molar-refractivity contribution < 1.29 is 4.79 Å². The number of aromatic amines is 1. The molecule has 0 spiro atoms. The van der Waals surface area contributed by atoms with Gasteiger partial charge in [-0.25, -0.2) is 4.98 Å². The Bertz CT molecular complexity index is 578. The Kier molecular flexibility index (Phi) is 4.36. The van der Waals surface area contributed by atoms with Crippen molar-refractivity contribution >= 4 is 33.2 Å². The monoisotopic (exact) mass is 342 g/mol. The first-order valence-corrected chi connectivity index (χ1v) is 7.55. The van der Waals surface area contributed by atoms with Crippen molar-refractivity contribution in [1.82, 2.24) is 20.1 Å². The summed E-state index contributed by atoms with van der Waals surface area (Å²) in [5.41, 5.74) is 0. The van der Waals surface area contributed by atoms with Crippen molar-refractivity contribution in [2.75, 3.05) is 7.05 Å². The molecule has 7 heteroatoms. The summed E-state index contributed by atoms with van der Waals surface area (Å²) in [5.74, 6) is 1.01. The highest BCUT2D eigenvalue weighted by Gasteiger charge is 2.18. The minimum atomic E-state index is -0.173. The van der Waals surface area contributed by atoms with Gasteiger partial charge in [-0.15, -0.1) is 16.4 Å². The minimum absolute atomic E-state index is 0.173. The molecule has 102 valence electrons. The highest BCUT2D eigenvalue weighted by molar-refractivity contribution is 9.10. The summed E-state index contributed by atoms with van der Waals surface area (Å²) in [5, 5.41) is 8.76. The average molecular weight is 343 g/mol. The largest absolute Gasteiger partial charge is 0.334 e. The molecule has 0 unspecified atom stereocenters. The van der Waals surface area contributed by atoms with E-state index in [0.29, 0.717) is 6.54 Å². The molecule has 0 atom stereocenters. The molecule has 0 saturated heterocycles. The first kappa shape index (κ1) is 14.2. The van der Waals surface area contributed by atoms with Crippen LogP contribution in [0.3, 0.4) is 0 Å². The molecule has 0 saturated carbocycles. The lowest BCUT2D eigenvalue weighted by Gasteiger charge is -2.13. The van der Waals surface area contributed by atoms with E-state index >= 15 is 0 Å². The zero-order chi connectivity index (χ0) is 14.0. The lowest BCUT2D eigenvalue weighted by molar-refractivity contribution is 0.0774. The Morgan fingerprint density at radius 1 is 1.58 bits per heavy atom. The van der Waals surface area contributed by atoms with Crippen LogP contribution in [0.5, 0.6) is 0 Å². The molecule has 0 aliphatic carbocycles. The maximum Gasteiger partial charge on any atom is 0.293 e. The SMILES string of the molecule is CC(C)c1nc(C(=O)N(C)Cc2cc(Br)cs2)n[nH]1. The normalized spacial score (nSPS) is 11.0. The fraction of sp³-hybridized carbons (Fsp3) is 0.417. The summed E-state index contributed by atoms with van der Waals surface area (Å²) < 4.78 is 1.04. The number of halogens is 1. The molecule has 2 rings (SSSR count). The number of nitrogens with one attached hydrogen (secondary N) is 1. The zero-order valence-corrected chi connectivity index (χ0v) is 13.4. The molecule has 0 radical (unpaired) electrons. The van der Waals surface area contributed by atoms with Gasteiger partial charge in [-0.3, -0.25) is 9.89 Å². The van der Waals surface area contributed by atoms with Crippen molar-refractivity contribution in [1.29, 1.82) is 0 Å². The van der Waals surface area contributed by atoms with Gasteiger partial charge in [0.05, 0.1) is 6.54 Å². The van der Waals surface area contributed by atoms with Gasteiger partial charge >= 0.3 is 0 Å². The molecule has 19 heavy (non-hydrogen) atoms.